The highest BCUT2D eigenvalue weighted by Gasteiger charge is 2.32. The van der Waals surface area contributed by atoms with E-state index in [4.69, 9.17) is 0 Å². The second kappa shape index (κ2) is 6.23. The van der Waals surface area contributed by atoms with Gasteiger partial charge in [-0.15, -0.1) is 0 Å². The average Bonchev–Trinajstić information content (AvgIpc) is 3.04. The Labute approximate surface area is 136 Å². The molecule has 24 heavy (non-hydrogen) atoms. The van der Waals surface area contributed by atoms with Crippen LogP contribution in [0.4, 0.5) is 21.5 Å². The van der Waals surface area contributed by atoms with Crippen LogP contribution in [0, 0.1) is 26.0 Å². The number of benzene rings is 2. The minimum absolute atomic E-state index is 0.120. The van der Waals surface area contributed by atoms with E-state index in [0.29, 0.717) is 12.2 Å². The Morgan fingerprint density at radius 2 is 1.75 bits per heavy atom. The number of rotatable bonds is 4. The summed E-state index contributed by atoms with van der Waals surface area (Å²) >= 11 is 0. The van der Waals surface area contributed by atoms with Gasteiger partial charge in [0.1, 0.15) is 11.5 Å². The normalized spacial score (nSPS) is 17.0. The van der Waals surface area contributed by atoms with Gasteiger partial charge in [0.15, 0.2) is 0 Å². The van der Waals surface area contributed by atoms with Crippen LogP contribution in [0.25, 0.3) is 0 Å². The molecule has 7 nitrogen and oxygen atoms in total. The van der Waals surface area contributed by atoms with E-state index in [1.165, 1.54) is 24.3 Å². The molecular formula is C16H14FN3O4. The van der Waals surface area contributed by atoms with Gasteiger partial charge in [0.25, 0.3) is 11.4 Å². The zero-order valence-corrected chi connectivity index (χ0v) is 12.6. The number of nitro groups is 2. The molecule has 124 valence electrons. The highest BCUT2D eigenvalue weighted by Crippen LogP contribution is 2.41. The Morgan fingerprint density at radius 3 is 2.38 bits per heavy atom. The molecular weight excluding hydrogens is 317 g/mol. The van der Waals surface area contributed by atoms with E-state index in [2.05, 4.69) is 0 Å². The Balaban J connectivity index is 2.02. The summed E-state index contributed by atoms with van der Waals surface area (Å²) in [6.45, 7) is 0.598. The predicted octanol–water partition coefficient (Wildman–Crippen LogP) is 3.98. The average molecular weight is 331 g/mol. The van der Waals surface area contributed by atoms with Crippen molar-refractivity contribution in [2.45, 2.75) is 18.9 Å². The first-order chi connectivity index (χ1) is 11.5. The van der Waals surface area contributed by atoms with Gasteiger partial charge in [0.2, 0.25) is 0 Å². The number of hydrogen-bond acceptors (Lipinski definition) is 5. The maximum Gasteiger partial charge on any atom is 0.299 e. The Bertz CT molecular complexity index is 794. The van der Waals surface area contributed by atoms with Crippen molar-refractivity contribution in [3.63, 3.8) is 0 Å². The zero-order chi connectivity index (χ0) is 17.3. The molecule has 1 saturated heterocycles. The number of anilines is 1. The van der Waals surface area contributed by atoms with Crippen LogP contribution in [-0.4, -0.2) is 16.4 Å². The molecule has 0 aliphatic carbocycles. The minimum Gasteiger partial charge on any atom is -0.359 e. The van der Waals surface area contributed by atoms with Gasteiger partial charge in [-0.3, -0.25) is 20.2 Å². The molecule has 1 aliphatic heterocycles. The summed E-state index contributed by atoms with van der Waals surface area (Å²) in [6, 6.07) is 9.58. The lowest BCUT2D eigenvalue weighted by Gasteiger charge is -2.26. The number of hydrogen-bond donors (Lipinski definition) is 0. The summed E-state index contributed by atoms with van der Waals surface area (Å²) in [4.78, 5) is 22.8. The van der Waals surface area contributed by atoms with Crippen molar-refractivity contribution in [3.8, 4) is 0 Å². The molecule has 0 aromatic heterocycles. The van der Waals surface area contributed by atoms with Gasteiger partial charge >= 0.3 is 0 Å². The summed E-state index contributed by atoms with van der Waals surface area (Å²) in [7, 11) is 0. The number of halogens is 1. The minimum atomic E-state index is -0.655. The molecule has 3 rings (SSSR count). The van der Waals surface area contributed by atoms with Crippen LogP contribution < -0.4 is 4.90 Å². The van der Waals surface area contributed by atoms with Gasteiger partial charge in [-0.05, 0) is 36.6 Å². The number of nitro benzene ring substituents is 2. The lowest BCUT2D eigenvalue weighted by molar-refractivity contribution is -0.393. The lowest BCUT2D eigenvalue weighted by Crippen LogP contribution is -2.23. The molecule has 1 aliphatic rings. The van der Waals surface area contributed by atoms with Crippen LogP contribution in [0.1, 0.15) is 24.4 Å². The highest BCUT2D eigenvalue weighted by molar-refractivity contribution is 5.68. The van der Waals surface area contributed by atoms with E-state index < -0.39 is 9.85 Å². The number of nitrogens with zero attached hydrogens (tertiary/aromatic N) is 3. The van der Waals surface area contributed by atoms with Crippen molar-refractivity contribution in [1.29, 1.82) is 0 Å². The summed E-state index contributed by atoms with van der Waals surface area (Å²) < 4.78 is 13.1. The molecule has 1 fully saturated rings. The SMILES string of the molecule is O=[N+]([O-])c1ccc(N2CCCC2c2ccc(F)cc2)c([N+](=O)[O-])c1. The zero-order valence-electron chi connectivity index (χ0n) is 12.6. The van der Waals surface area contributed by atoms with Crippen LogP contribution in [0.2, 0.25) is 0 Å². The van der Waals surface area contributed by atoms with Crippen molar-refractivity contribution in [2.24, 2.45) is 0 Å². The van der Waals surface area contributed by atoms with Crippen LogP contribution in [-0.2, 0) is 0 Å². The van der Waals surface area contributed by atoms with Crippen LogP contribution in [0.3, 0.4) is 0 Å². The van der Waals surface area contributed by atoms with Crippen molar-refractivity contribution in [3.05, 3.63) is 74.1 Å². The van der Waals surface area contributed by atoms with Gasteiger partial charge in [-0.25, -0.2) is 4.39 Å². The van der Waals surface area contributed by atoms with Crippen molar-refractivity contribution in [1.82, 2.24) is 0 Å². The first-order valence-corrected chi connectivity index (χ1v) is 7.42. The third kappa shape index (κ3) is 2.90. The van der Waals surface area contributed by atoms with Crippen molar-refractivity contribution >= 4 is 17.1 Å². The molecule has 2 aromatic carbocycles. The quantitative estimate of drug-likeness (QED) is 0.624. The monoisotopic (exact) mass is 331 g/mol. The molecule has 0 spiro atoms. The van der Waals surface area contributed by atoms with E-state index in [9.17, 15) is 24.6 Å². The van der Waals surface area contributed by atoms with Gasteiger partial charge < -0.3 is 4.90 Å². The molecule has 1 atom stereocenters. The van der Waals surface area contributed by atoms with Crippen molar-refractivity contribution in [2.75, 3.05) is 11.4 Å². The second-order valence-corrected chi connectivity index (χ2v) is 5.59. The van der Waals surface area contributed by atoms with E-state index in [0.717, 1.165) is 24.5 Å². The second-order valence-electron chi connectivity index (χ2n) is 5.59. The molecule has 2 aromatic rings. The smallest absolute Gasteiger partial charge is 0.299 e. The Hall–Kier alpha value is -3.03. The van der Waals surface area contributed by atoms with E-state index in [-0.39, 0.29) is 23.2 Å². The fraction of sp³-hybridized carbons (Fsp3) is 0.250. The standard InChI is InChI=1S/C16H14FN3O4/c17-12-5-3-11(4-6-12)14-2-1-9-18(14)15-8-7-13(19(21)22)10-16(15)20(23)24/h3-8,10,14H,1-2,9H2. The summed E-state index contributed by atoms with van der Waals surface area (Å²) in [5.74, 6) is -0.343. The fourth-order valence-corrected chi connectivity index (χ4v) is 3.10. The molecule has 0 N–H and O–H groups in total. The number of non-ortho nitro benzene ring substituents is 1. The maximum absolute atomic E-state index is 13.1. The van der Waals surface area contributed by atoms with Crippen LogP contribution >= 0.6 is 0 Å². The van der Waals surface area contributed by atoms with Crippen molar-refractivity contribution < 1.29 is 14.2 Å². The Kier molecular flexibility index (Phi) is 4.11. The molecule has 1 heterocycles. The molecule has 1 unspecified atom stereocenters. The summed E-state index contributed by atoms with van der Waals surface area (Å²) in [5, 5.41) is 22.2. The molecule has 8 heteroatoms. The molecule has 0 saturated carbocycles. The third-order valence-corrected chi connectivity index (χ3v) is 4.18. The first kappa shape index (κ1) is 15.9. The summed E-state index contributed by atoms with van der Waals surface area (Å²) in [5.41, 5.74) is 0.597. The van der Waals surface area contributed by atoms with E-state index in [1.807, 2.05) is 4.90 Å². The predicted molar refractivity (Wildman–Crippen MR) is 85.5 cm³/mol. The highest BCUT2D eigenvalue weighted by atomic mass is 19.1. The van der Waals surface area contributed by atoms with Crippen LogP contribution in [0.15, 0.2) is 42.5 Å². The Morgan fingerprint density at radius 1 is 1.04 bits per heavy atom. The molecule has 0 amide bonds. The van der Waals surface area contributed by atoms with Gasteiger partial charge in [0.05, 0.1) is 22.0 Å². The largest absolute Gasteiger partial charge is 0.359 e. The van der Waals surface area contributed by atoms with E-state index in [1.54, 1.807) is 12.1 Å². The molecule has 0 radical (unpaired) electrons. The first-order valence-electron chi connectivity index (χ1n) is 7.42. The fourth-order valence-electron chi connectivity index (χ4n) is 3.10. The summed E-state index contributed by atoms with van der Waals surface area (Å²) in [6.07, 6.45) is 1.61. The van der Waals surface area contributed by atoms with Gasteiger partial charge in [0, 0.05) is 12.6 Å². The third-order valence-electron chi connectivity index (χ3n) is 4.18. The topological polar surface area (TPSA) is 89.5 Å². The lowest BCUT2D eigenvalue weighted by atomic mass is 10.0. The van der Waals surface area contributed by atoms with Gasteiger partial charge in [-0.1, -0.05) is 12.1 Å². The molecule has 0 bridgehead atoms. The maximum atomic E-state index is 13.1. The van der Waals surface area contributed by atoms with Gasteiger partial charge in [-0.2, -0.15) is 0 Å². The van der Waals surface area contributed by atoms with Crippen LogP contribution in [0.5, 0.6) is 0 Å². The van der Waals surface area contributed by atoms with E-state index >= 15 is 0 Å².